The first-order valence-corrected chi connectivity index (χ1v) is 19.7. The lowest BCUT2D eigenvalue weighted by molar-refractivity contribution is -0.146. The van der Waals surface area contributed by atoms with Crippen LogP contribution in [0.4, 0.5) is 0 Å². The molecule has 304 valence electrons. The zero-order valence-corrected chi connectivity index (χ0v) is 33.2. The molecule has 1 aliphatic heterocycles. The summed E-state index contributed by atoms with van der Waals surface area (Å²) in [7, 11) is 3.06. The van der Waals surface area contributed by atoms with Gasteiger partial charge in [0, 0.05) is 36.3 Å². The van der Waals surface area contributed by atoms with Gasteiger partial charge in [0.25, 0.3) is 0 Å². The van der Waals surface area contributed by atoms with Gasteiger partial charge in [-0.15, -0.1) is 6.58 Å². The maximum absolute atomic E-state index is 14.7. The van der Waals surface area contributed by atoms with E-state index in [0.29, 0.717) is 33.8 Å². The fourth-order valence-corrected chi connectivity index (χ4v) is 8.32. The number of aromatic nitrogens is 1. The average molecular weight is 784 g/mol. The van der Waals surface area contributed by atoms with Crippen molar-refractivity contribution in [2.75, 3.05) is 20.8 Å². The molecule has 0 spiro atoms. The van der Waals surface area contributed by atoms with Gasteiger partial charge in [-0.2, -0.15) is 0 Å². The van der Waals surface area contributed by atoms with E-state index in [1.165, 1.54) is 32.1 Å². The number of hydrogen-bond donors (Lipinski definition) is 4. The first kappa shape index (κ1) is 41.0. The second-order valence-corrected chi connectivity index (χ2v) is 15.7. The van der Waals surface area contributed by atoms with Crippen LogP contribution in [0.25, 0.3) is 22.2 Å². The van der Waals surface area contributed by atoms with Gasteiger partial charge in [0.15, 0.2) is 11.5 Å². The second-order valence-electron chi connectivity index (χ2n) is 15.7. The molecule has 3 aromatic rings. The average Bonchev–Trinajstić information content (AvgIpc) is 3.77. The van der Waals surface area contributed by atoms with Gasteiger partial charge >= 0.3 is 5.97 Å². The number of ether oxygens (including phenoxy) is 3. The molecule has 6 rings (SSSR count). The molecule has 0 unspecified atom stereocenters. The Morgan fingerprint density at radius 1 is 0.982 bits per heavy atom. The van der Waals surface area contributed by atoms with Gasteiger partial charge in [0.2, 0.25) is 23.6 Å². The van der Waals surface area contributed by atoms with E-state index in [1.54, 1.807) is 32.0 Å². The number of likely N-dealkylation sites (tertiary alicyclic amines) is 1. The quantitative estimate of drug-likeness (QED) is 0.158. The van der Waals surface area contributed by atoms with Crippen LogP contribution in [0.2, 0.25) is 0 Å². The van der Waals surface area contributed by atoms with Crippen LogP contribution in [0.1, 0.15) is 65.7 Å². The predicted molar refractivity (Wildman–Crippen MR) is 213 cm³/mol. The number of carbonyl (C=O) groups is 5. The highest BCUT2D eigenvalue weighted by Gasteiger charge is 2.61. The third-order valence-electron chi connectivity index (χ3n) is 11.5. The van der Waals surface area contributed by atoms with Crippen molar-refractivity contribution in [3.8, 4) is 28.5 Å². The van der Waals surface area contributed by atoms with E-state index < -0.39 is 65.3 Å². The Kier molecular flexibility index (Phi) is 12.4. The molecule has 6 atom stereocenters. The number of carbonyl (C=O) groups excluding carboxylic acids is 4. The van der Waals surface area contributed by atoms with E-state index in [9.17, 15) is 29.1 Å². The molecule has 3 aliphatic rings. The van der Waals surface area contributed by atoms with Crippen LogP contribution in [0.5, 0.6) is 17.2 Å². The number of benzene rings is 2. The molecule has 14 heteroatoms. The number of hydrogen-bond acceptors (Lipinski definition) is 9. The number of rotatable bonds is 15. The van der Waals surface area contributed by atoms with E-state index in [-0.39, 0.29) is 31.2 Å². The summed E-state index contributed by atoms with van der Waals surface area (Å²) in [6, 6.07) is 11.8. The topological polar surface area (TPSA) is 185 Å². The zero-order chi connectivity index (χ0) is 41.0. The Hall–Kier alpha value is -5.66. The van der Waals surface area contributed by atoms with E-state index in [0.717, 1.165) is 37.7 Å². The van der Waals surface area contributed by atoms with Crippen molar-refractivity contribution < 1.29 is 43.3 Å². The highest BCUT2D eigenvalue weighted by atomic mass is 16.5. The fraction of sp³-hybridized carbons (Fsp3) is 0.488. The lowest BCUT2D eigenvalue weighted by Crippen LogP contribution is -2.60. The van der Waals surface area contributed by atoms with E-state index in [1.807, 2.05) is 30.3 Å². The molecule has 0 radical (unpaired) electrons. The van der Waals surface area contributed by atoms with Crippen LogP contribution in [-0.4, -0.2) is 95.1 Å². The molecule has 1 saturated heterocycles. The van der Waals surface area contributed by atoms with Crippen molar-refractivity contribution in [2.45, 2.75) is 95.5 Å². The van der Waals surface area contributed by atoms with E-state index in [4.69, 9.17) is 19.2 Å². The molecule has 3 fully saturated rings. The summed E-state index contributed by atoms with van der Waals surface area (Å²) in [6.45, 7) is 8.64. The fourth-order valence-electron chi connectivity index (χ4n) is 8.32. The molecule has 14 nitrogen and oxygen atoms in total. The van der Waals surface area contributed by atoms with Crippen LogP contribution >= 0.6 is 0 Å². The maximum atomic E-state index is 14.7. The number of carboxylic acid groups (broad SMARTS) is 1. The molecule has 2 aliphatic carbocycles. The summed E-state index contributed by atoms with van der Waals surface area (Å²) in [5, 5.41) is 19.2. The van der Waals surface area contributed by atoms with Gasteiger partial charge in [-0.3, -0.25) is 19.2 Å². The molecule has 4 amide bonds. The van der Waals surface area contributed by atoms with E-state index in [2.05, 4.69) is 22.5 Å². The zero-order valence-electron chi connectivity index (χ0n) is 33.2. The third kappa shape index (κ3) is 8.54. The number of aliphatic carboxylic acids is 1. The molecule has 57 heavy (non-hydrogen) atoms. The Balaban J connectivity index is 1.35. The summed E-state index contributed by atoms with van der Waals surface area (Å²) in [5.74, 6) is -2.83. The Morgan fingerprint density at radius 2 is 1.70 bits per heavy atom. The minimum Gasteiger partial charge on any atom is -0.493 e. The molecule has 4 N–H and O–H groups in total. The minimum absolute atomic E-state index is 0.0269. The minimum atomic E-state index is -1.54. The van der Waals surface area contributed by atoms with Crippen LogP contribution < -0.4 is 30.2 Å². The predicted octanol–water partition coefficient (Wildman–Crippen LogP) is 4.64. The highest BCUT2D eigenvalue weighted by Crippen LogP contribution is 2.45. The van der Waals surface area contributed by atoms with Crippen molar-refractivity contribution in [1.29, 1.82) is 0 Å². The highest BCUT2D eigenvalue weighted by molar-refractivity contribution is 5.98. The number of carboxylic acids is 1. The van der Waals surface area contributed by atoms with E-state index >= 15 is 0 Å². The summed E-state index contributed by atoms with van der Waals surface area (Å²) < 4.78 is 18.0. The van der Waals surface area contributed by atoms with Gasteiger partial charge in [0.1, 0.15) is 41.0 Å². The molecule has 0 bridgehead atoms. The molecular weight excluding hydrogens is 730 g/mol. The Morgan fingerprint density at radius 3 is 2.30 bits per heavy atom. The van der Waals surface area contributed by atoms with Crippen molar-refractivity contribution in [1.82, 2.24) is 25.8 Å². The smallest absolute Gasteiger partial charge is 0.330 e. The summed E-state index contributed by atoms with van der Waals surface area (Å²) in [5.41, 5.74) is 0.351. The lowest BCUT2D eigenvalue weighted by atomic mass is 9.83. The van der Waals surface area contributed by atoms with Crippen molar-refractivity contribution in [3.63, 3.8) is 0 Å². The Labute approximate surface area is 332 Å². The van der Waals surface area contributed by atoms with Gasteiger partial charge in [-0.25, -0.2) is 9.78 Å². The monoisotopic (exact) mass is 783 g/mol. The first-order chi connectivity index (χ1) is 27.3. The van der Waals surface area contributed by atoms with Crippen molar-refractivity contribution >= 4 is 40.5 Å². The number of nitrogens with one attached hydrogen (secondary N) is 3. The molecule has 2 saturated carbocycles. The Bertz CT molecular complexity index is 2020. The summed E-state index contributed by atoms with van der Waals surface area (Å²) in [4.78, 5) is 73.8. The number of methoxy groups -OCH3 is 2. The van der Waals surface area contributed by atoms with Gasteiger partial charge in [0.05, 0.1) is 26.5 Å². The van der Waals surface area contributed by atoms with Crippen LogP contribution in [0, 0.1) is 17.8 Å². The third-order valence-corrected chi connectivity index (χ3v) is 11.5. The van der Waals surface area contributed by atoms with Crippen LogP contribution in [0.3, 0.4) is 0 Å². The largest absolute Gasteiger partial charge is 0.493 e. The normalized spacial score (nSPS) is 22.9. The summed E-state index contributed by atoms with van der Waals surface area (Å²) in [6.07, 6.45) is 5.45. The first-order valence-electron chi connectivity index (χ1n) is 19.7. The number of pyridine rings is 1. The van der Waals surface area contributed by atoms with Gasteiger partial charge in [-0.05, 0) is 43.2 Å². The van der Waals surface area contributed by atoms with Crippen LogP contribution in [0.15, 0.2) is 61.2 Å². The second kappa shape index (κ2) is 17.2. The SMILES string of the molecule is C=C[C@@H]1C[C@]1(NC(=O)[C@@H]1C[C@@H](Oc2cc(-c3ccccc3)nc3c(OC)c(OC)ccc23)CN1C(=O)[C@@H](NC(=O)[C@@H](NC(C)=O)C1CCCCC1)C(C)C)C(=O)O. The van der Waals surface area contributed by atoms with Crippen molar-refractivity contribution in [2.24, 2.45) is 17.8 Å². The molecule has 2 aromatic carbocycles. The standard InChI is InChI=1S/C43H53N5O9/c1-7-28-22-43(28,42(53)54)47-39(50)32-20-29(23-48(32)41(52)35(24(2)3)46-40(51)36(44-25(4)49)27-16-12-9-13-17-27)57-34-21-31(26-14-10-8-11-15-26)45-37-30(34)18-19-33(55-5)38(37)56-6/h7-8,10-11,14-15,18-19,21,24,27-29,32,35-36H,1,9,12-13,16-17,20,22-23H2,2-6H3,(H,44,49)(H,46,51)(H,47,50)(H,53,54)/t28-,29-,32+,35+,36+,43-/m1/s1. The summed E-state index contributed by atoms with van der Waals surface area (Å²) >= 11 is 0. The van der Waals surface area contributed by atoms with Crippen LogP contribution in [-0.2, 0) is 24.0 Å². The molecule has 2 heterocycles. The van der Waals surface area contributed by atoms with Gasteiger partial charge < -0.3 is 40.2 Å². The molecule has 1 aromatic heterocycles. The number of nitrogens with zero attached hydrogens (tertiary/aromatic N) is 2. The maximum Gasteiger partial charge on any atom is 0.330 e. The molecular formula is C43H53N5O9. The lowest BCUT2D eigenvalue weighted by Gasteiger charge is -2.34. The number of amides is 4. The van der Waals surface area contributed by atoms with Crippen molar-refractivity contribution in [3.05, 3.63) is 61.2 Å². The van der Waals surface area contributed by atoms with Gasteiger partial charge in [-0.1, -0.05) is 69.5 Å². The number of fused-ring (bicyclic) bond motifs is 1.